The van der Waals surface area contributed by atoms with Crippen molar-refractivity contribution in [3.63, 3.8) is 0 Å². The van der Waals surface area contributed by atoms with E-state index in [-0.39, 0.29) is 15.4 Å². The zero-order valence-corrected chi connectivity index (χ0v) is 8.33. The first-order valence-corrected chi connectivity index (χ1v) is 6.03. The summed E-state index contributed by atoms with van der Waals surface area (Å²) in [6.45, 7) is 2.13. The number of hydrogen-bond donors (Lipinski definition) is 1. The van der Waals surface area contributed by atoms with Gasteiger partial charge in [0.25, 0.3) is 0 Å². The van der Waals surface area contributed by atoms with Crippen molar-refractivity contribution in [2.75, 3.05) is 18.6 Å². The quantitative estimate of drug-likeness (QED) is 0.619. The molecule has 5 heteroatoms. The second-order valence-electron chi connectivity index (χ2n) is 2.10. The standard InChI is InChI=1S/C6H13NO2S2/c1-3-9-6(8)5(7)4-11(2)10/h5H,3-4,7H2,1-2H3/t5-,11?/m0/s1. The minimum Gasteiger partial charge on any atom is -0.465 e. The fraction of sp³-hybridized carbons (Fsp3) is 0.833. The highest BCUT2D eigenvalue weighted by atomic mass is 32.8. The second-order valence-corrected chi connectivity index (χ2v) is 5.29. The molecule has 0 aromatic rings. The molecule has 0 fully saturated rings. The highest BCUT2D eigenvalue weighted by Crippen LogP contribution is 1.88. The summed E-state index contributed by atoms with van der Waals surface area (Å²) in [6, 6.07) is -0.541. The highest BCUT2D eigenvalue weighted by Gasteiger charge is 2.13. The molecular formula is C6H13NO2S2. The van der Waals surface area contributed by atoms with Gasteiger partial charge >= 0.3 is 5.97 Å². The van der Waals surface area contributed by atoms with Gasteiger partial charge in [0.2, 0.25) is 0 Å². The third-order valence-electron chi connectivity index (χ3n) is 1.00. The van der Waals surface area contributed by atoms with E-state index >= 15 is 0 Å². The number of esters is 1. The highest BCUT2D eigenvalue weighted by molar-refractivity contribution is 8.28. The van der Waals surface area contributed by atoms with E-state index < -0.39 is 6.04 Å². The van der Waals surface area contributed by atoms with Crippen molar-refractivity contribution in [2.45, 2.75) is 13.0 Å². The van der Waals surface area contributed by atoms with Crippen molar-refractivity contribution in [1.29, 1.82) is 0 Å². The molecule has 0 aliphatic carbocycles. The molecule has 3 nitrogen and oxygen atoms in total. The Morgan fingerprint density at radius 2 is 2.36 bits per heavy atom. The molecule has 0 aliphatic rings. The lowest BCUT2D eigenvalue weighted by atomic mass is 10.4. The van der Waals surface area contributed by atoms with Crippen LogP contribution >= 0.6 is 0 Å². The van der Waals surface area contributed by atoms with Gasteiger partial charge in [0, 0.05) is 5.75 Å². The van der Waals surface area contributed by atoms with E-state index in [9.17, 15) is 4.79 Å². The molecule has 11 heavy (non-hydrogen) atoms. The average molecular weight is 195 g/mol. The maximum absolute atomic E-state index is 10.9. The van der Waals surface area contributed by atoms with E-state index in [1.807, 2.05) is 6.26 Å². The molecule has 0 aliphatic heterocycles. The van der Waals surface area contributed by atoms with Gasteiger partial charge in [0.05, 0.1) is 6.61 Å². The smallest absolute Gasteiger partial charge is 0.323 e. The first-order chi connectivity index (χ1) is 5.07. The number of carbonyl (C=O) groups excluding carboxylic acids is 1. The van der Waals surface area contributed by atoms with Crippen LogP contribution in [0.4, 0.5) is 0 Å². The molecule has 0 spiro atoms. The third kappa shape index (κ3) is 5.29. The molecule has 0 rings (SSSR count). The maximum Gasteiger partial charge on any atom is 0.323 e. The van der Waals surface area contributed by atoms with E-state index in [1.165, 1.54) is 0 Å². The lowest BCUT2D eigenvalue weighted by Crippen LogP contribution is -2.36. The second kappa shape index (κ2) is 5.62. The first kappa shape index (κ1) is 11.0. The van der Waals surface area contributed by atoms with E-state index in [1.54, 1.807) is 6.92 Å². The Balaban J connectivity index is 3.73. The van der Waals surface area contributed by atoms with E-state index in [0.717, 1.165) is 0 Å². The Morgan fingerprint density at radius 3 is 2.73 bits per heavy atom. The summed E-state index contributed by atoms with van der Waals surface area (Å²) in [4.78, 5) is 10.9. The molecule has 0 aromatic carbocycles. The van der Waals surface area contributed by atoms with Crippen LogP contribution in [0.25, 0.3) is 0 Å². The Kier molecular flexibility index (Phi) is 5.62. The Bertz CT molecular complexity index is 161. The summed E-state index contributed by atoms with van der Waals surface area (Å²) in [7, 11) is -0.212. The van der Waals surface area contributed by atoms with Crippen molar-refractivity contribution in [1.82, 2.24) is 0 Å². The van der Waals surface area contributed by atoms with Crippen LogP contribution in [0.1, 0.15) is 6.92 Å². The molecule has 0 amide bonds. The monoisotopic (exact) mass is 195 g/mol. The number of nitrogens with two attached hydrogens (primary N) is 1. The molecule has 0 radical (unpaired) electrons. The predicted octanol–water partition coefficient (Wildman–Crippen LogP) is -0.413. The van der Waals surface area contributed by atoms with Crippen LogP contribution in [-0.4, -0.2) is 30.6 Å². The van der Waals surface area contributed by atoms with Crippen molar-refractivity contribution in [3.05, 3.63) is 0 Å². The minimum absolute atomic E-state index is 0.212. The summed E-state index contributed by atoms with van der Waals surface area (Å²) < 4.78 is 4.70. The molecule has 0 aromatic heterocycles. The van der Waals surface area contributed by atoms with Gasteiger partial charge < -0.3 is 10.5 Å². The van der Waals surface area contributed by atoms with Crippen LogP contribution in [0, 0.1) is 0 Å². The fourth-order valence-electron chi connectivity index (χ4n) is 0.570. The Morgan fingerprint density at radius 1 is 1.82 bits per heavy atom. The van der Waals surface area contributed by atoms with Crippen molar-refractivity contribution in [2.24, 2.45) is 5.73 Å². The largest absolute Gasteiger partial charge is 0.465 e. The summed E-state index contributed by atoms with van der Waals surface area (Å²) in [5, 5.41) is 0. The third-order valence-corrected chi connectivity index (χ3v) is 2.24. The Hall–Kier alpha value is -0.0000000000000000833. The topological polar surface area (TPSA) is 52.3 Å². The van der Waals surface area contributed by atoms with Gasteiger partial charge in [-0.1, -0.05) is 11.2 Å². The van der Waals surface area contributed by atoms with Gasteiger partial charge in [-0.25, -0.2) is 0 Å². The first-order valence-electron chi connectivity index (χ1n) is 3.30. The van der Waals surface area contributed by atoms with Crippen LogP contribution in [0.2, 0.25) is 0 Å². The lowest BCUT2D eigenvalue weighted by molar-refractivity contribution is -0.144. The van der Waals surface area contributed by atoms with Crippen LogP contribution < -0.4 is 5.73 Å². The van der Waals surface area contributed by atoms with Gasteiger partial charge in [0.1, 0.15) is 6.04 Å². The van der Waals surface area contributed by atoms with E-state index in [0.29, 0.717) is 12.4 Å². The van der Waals surface area contributed by atoms with Crippen LogP contribution in [-0.2, 0) is 30.2 Å². The van der Waals surface area contributed by atoms with Gasteiger partial charge in [-0.2, -0.15) is 0 Å². The fourth-order valence-corrected chi connectivity index (χ4v) is 1.65. The minimum atomic E-state index is -0.541. The number of ether oxygens (including phenoxy) is 1. The van der Waals surface area contributed by atoms with Gasteiger partial charge in [-0.05, 0) is 13.2 Å². The van der Waals surface area contributed by atoms with Crippen LogP contribution in [0.5, 0.6) is 0 Å². The molecule has 2 N–H and O–H groups in total. The molecule has 1 unspecified atom stereocenters. The molecule has 0 bridgehead atoms. The van der Waals surface area contributed by atoms with E-state index in [4.69, 9.17) is 21.7 Å². The summed E-state index contributed by atoms with van der Waals surface area (Å²) in [5.74, 6) is 0.186. The normalized spacial score (nSPS) is 15.5. The molecule has 0 saturated heterocycles. The molecule has 2 atom stereocenters. The Labute approximate surface area is 73.9 Å². The molecule has 0 heterocycles. The molecule has 0 saturated carbocycles. The van der Waals surface area contributed by atoms with Gasteiger partial charge in [-0.3, -0.25) is 4.79 Å². The maximum atomic E-state index is 10.9. The van der Waals surface area contributed by atoms with Crippen molar-refractivity contribution < 1.29 is 9.53 Å². The molecular weight excluding hydrogens is 182 g/mol. The SMILES string of the molecule is CCOC(=O)[C@@H](N)CS(C)=S. The average Bonchev–Trinajstić information content (AvgIpc) is 1.86. The summed E-state index contributed by atoms with van der Waals surface area (Å²) in [6.07, 6.45) is 1.87. The van der Waals surface area contributed by atoms with Crippen molar-refractivity contribution >= 4 is 26.6 Å². The number of rotatable bonds is 4. The van der Waals surface area contributed by atoms with E-state index in [2.05, 4.69) is 0 Å². The number of hydrogen-bond acceptors (Lipinski definition) is 4. The van der Waals surface area contributed by atoms with Crippen LogP contribution in [0.3, 0.4) is 0 Å². The lowest BCUT2D eigenvalue weighted by Gasteiger charge is -2.08. The summed E-state index contributed by atoms with van der Waals surface area (Å²) in [5.41, 5.74) is 5.47. The zero-order valence-electron chi connectivity index (χ0n) is 6.70. The van der Waals surface area contributed by atoms with Crippen molar-refractivity contribution in [3.8, 4) is 0 Å². The molecule has 66 valence electrons. The van der Waals surface area contributed by atoms with Gasteiger partial charge in [-0.15, -0.1) is 9.45 Å². The summed E-state index contributed by atoms with van der Waals surface area (Å²) >= 11 is 4.90. The van der Waals surface area contributed by atoms with Crippen LogP contribution in [0.15, 0.2) is 0 Å². The zero-order chi connectivity index (χ0) is 8.85. The predicted molar refractivity (Wildman–Crippen MR) is 50.1 cm³/mol. The van der Waals surface area contributed by atoms with Gasteiger partial charge in [0.15, 0.2) is 0 Å². The number of carbonyl (C=O) groups is 1.